The topological polar surface area (TPSA) is 66.8 Å². The molecule has 0 spiro atoms. The first kappa shape index (κ1) is 26.3. The molecule has 0 amide bonds. The summed E-state index contributed by atoms with van der Waals surface area (Å²) in [6.07, 6.45) is -4.50. The summed E-state index contributed by atoms with van der Waals surface area (Å²) in [6.45, 7) is 2.79. The normalized spacial score (nSPS) is 13.1. The van der Waals surface area contributed by atoms with Crippen molar-refractivity contribution in [2.45, 2.75) is 44.6 Å². The second kappa shape index (κ2) is 10.2. The summed E-state index contributed by atoms with van der Waals surface area (Å²) in [6, 6.07) is 11.6. The van der Waals surface area contributed by atoms with Gasteiger partial charge in [0.25, 0.3) is 0 Å². The molecular weight excluding hydrogens is 512 g/mol. The minimum atomic E-state index is -4.39. The maximum atomic E-state index is 12.8. The van der Waals surface area contributed by atoms with Crippen LogP contribution in [-0.2, 0) is 17.4 Å². The molecule has 0 aliphatic carbocycles. The Labute approximate surface area is 208 Å². The van der Waals surface area contributed by atoms with Crippen LogP contribution in [0.1, 0.15) is 42.4 Å². The zero-order valence-electron chi connectivity index (χ0n) is 18.1. The number of rotatable bonds is 8. The summed E-state index contributed by atoms with van der Waals surface area (Å²) in [4.78, 5) is 12.7. The molecule has 0 radical (unpaired) electrons. The van der Waals surface area contributed by atoms with Gasteiger partial charge in [0, 0.05) is 9.75 Å². The quantitative estimate of drug-likeness (QED) is 0.312. The highest BCUT2D eigenvalue weighted by Crippen LogP contribution is 2.39. The number of carboxylic acids is 1. The van der Waals surface area contributed by atoms with Crippen LogP contribution in [0.4, 0.5) is 13.2 Å². The summed E-state index contributed by atoms with van der Waals surface area (Å²) < 4.78 is 43.7. The Balaban J connectivity index is 1.67. The molecule has 0 bridgehead atoms. The van der Waals surface area contributed by atoms with Crippen LogP contribution < -0.4 is 4.74 Å². The molecule has 1 unspecified atom stereocenters. The lowest BCUT2D eigenvalue weighted by Gasteiger charge is -2.23. The molecule has 2 aromatic carbocycles. The standard InChI is InChI=1S/C24H21Cl2F3O4S/c1-23(2,22(31)32)33-17-10-6-14(20(25)21(17)26)5-9-16(30)19-12-11-18(34-19)13-3-7-15(8-4-13)24(27,28)29/h3-4,6-8,10-12,16,30H,5,9H2,1-2H3,(H,31,32). The fourth-order valence-electron chi connectivity index (χ4n) is 3.11. The Bertz CT molecular complexity index is 1170. The van der Waals surface area contributed by atoms with Gasteiger partial charge in [-0.25, -0.2) is 4.79 Å². The molecule has 1 aromatic heterocycles. The Hall–Kier alpha value is -2.26. The van der Waals surface area contributed by atoms with E-state index in [1.165, 1.54) is 43.4 Å². The third-order valence-corrected chi connectivity index (χ3v) is 7.29. The number of hydrogen-bond acceptors (Lipinski definition) is 4. The molecule has 34 heavy (non-hydrogen) atoms. The van der Waals surface area contributed by atoms with Crippen molar-refractivity contribution >= 4 is 40.5 Å². The highest BCUT2D eigenvalue weighted by atomic mass is 35.5. The van der Waals surface area contributed by atoms with Crippen molar-refractivity contribution in [2.75, 3.05) is 0 Å². The van der Waals surface area contributed by atoms with E-state index in [4.69, 9.17) is 27.9 Å². The average Bonchev–Trinajstić information content (AvgIpc) is 3.26. The Morgan fingerprint density at radius 3 is 2.26 bits per heavy atom. The Kier molecular flexibility index (Phi) is 7.87. The van der Waals surface area contributed by atoms with Gasteiger partial charge in [-0.05, 0) is 68.1 Å². The van der Waals surface area contributed by atoms with Crippen molar-refractivity contribution in [3.63, 3.8) is 0 Å². The molecule has 0 saturated carbocycles. The molecule has 4 nitrogen and oxygen atoms in total. The number of halogens is 5. The fourth-order valence-corrected chi connectivity index (χ4v) is 4.61. The number of thiophene rings is 1. The smallest absolute Gasteiger partial charge is 0.416 e. The summed E-state index contributed by atoms with van der Waals surface area (Å²) in [5.41, 5.74) is -0.919. The molecule has 0 fully saturated rings. The molecule has 1 heterocycles. The molecule has 3 rings (SSSR count). The van der Waals surface area contributed by atoms with Crippen molar-refractivity contribution in [2.24, 2.45) is 0 Å². The minimum Gasteiger partial charge on any atom is -0.478 e. The monoisotopic (exact) mass is 532 g/mol. The summed E-state index contributed by atoms with van der Waals surface area (Å²) in [7, 11) is 0. The molecule has 3 aromatic rings. The molecule has 0 aliphatic heterocycles. The molecule has 182 valence electrons. The molecule has 0 aliphatic rings. The third kappa shape index (κ3) is 6.05. The van der Waals surface area contributed by atoms with Crippen LogP contribution in [-0.4, -0.2) is 21.8 Å². The van der Waals surface area contributed by atoms with E-state index in [9.17, 15) is 28.2 Å². The van der Waals surface area contributed by atoms with Crippen molar-refractivity contribution in [3.05, 3.63) is 74.6 Å². The summed E-state index contributed by atoms with van der Waals surface area (Å²) in [5.74, 6) is -1.01. The first-order chi connectivity index (χ1) is 15.8. The molecular formula is C24H21Cl2F3O4S. The van der Waals surface area contributed by atoms with Crippen LogP contribution in [0.15, 0.2) is 48.5 Å². The van der Waals surface area contributed by atoms with E-state index in [1.807, 2.05) is 0 Å². The number of aryl methyl sites for hydroxylation is 1. The van der Waals surface area contributed by atoms with Gasteiger partial charge >= 0.3 is 12.1 Å². The van der Waals surface area contributed by atoms with E-state index in [0.717, 1.165) is 17.0 Å². The van der Waals surface area contributed by atoms with E-state index < -0.39 is 29.4 Å². The van der Waals surface area contributed by atoms with Gasteiger partial charge in [0.05, 0.1) is 16.7 Å². The maximum absolute atomic E-state index is 12.8. The van der Waals surface area contributed by atoms with Gasteiger partial charge in [-0.2, -0.15) is 13.2 Å². The van der Waals surface area contributed by atoms with E-state index in [1.54, 1.807) is 18.2 Å². The number of ether oxygens (including phenoxy) is 1. The lowest BCUT2D eigenvalue weighted by Crippen LogP contribution is -2.38. The van der Waals surface area contributed by atoms with Crippen molar-refractivity contribution < 1.29 is 32.9 Å². The second-order valence-electron chi connectivity index (χ2n) is 8.10. The van der Waals surface area contributed by atoms with Crippen LogP contribution in [0.25, 0.3) is 10.4 Å². The number of aliphatic carboxylic acids is 1. The number of aliphatic hydroxyl groups is 1. The van der Waals surface area contributed by atoms with E-state index in [0.29, 0.717) is 28.8 Å². The first-order valence-electron chi connectivity index (χ1n) is 10.1. The van der Waals surface area contributed by atoms with E-state index >= 15 is 0 Å². The number of benzene rings is 2. The lowest BCUT2D eigenvalue weighted by atomic mass is 10.1. The van der Waals surface area contributed by atoms with Gasteiger partial charge < -0.3 is 14.9 Å². The second-order valence-corrected chi connectivity index (χ2v) is 9.97. The number of carbonyl (C=O) groups is 1. The predicted octanol–water partition coefficient (Wildman–Crippen LogP) is 7.65. The highest BCUT2D eigenvalue weighted by molar-refractivity contribution is 7.15. The van der Waals surface area contributed by atoms with Crippen LogP contribution in [0.2, 0.25) is 10.0 Å². The van der Waals surface area contributed by atoms with Gasteiger partial charge in [-0.1, -0.05) is 41.4 Å². The van der Waals surface area contributed by atoms with Crippen molar-refractivity contribution in [1.82, 2.24) is 0 Å². The number of hydrogen-bond donors (Lipinski definition) is 2. The van der Waals surface area contributed by atoms with Crippen LogP contribution in [0, 0.1) is 0 Å². The van der Waals surface area contributed by atoms with Crippen LogP contribution in [0.3, 0.4) is 0 Å². The van der Waals surface area contributed by atoms with Gasteiger partial charge in [0.1, 0.15) is 10.8 Å². The minimum absolute atomic E-state index is 0.0868. The van der Waals surface area contributed by atoms with Crippen LogP contribution in [0.5, 0.6) is 5.75 Å². The number of alkyl halides is 3. The van der Waals surface area contributed by atoms with Gasteiger partial charge in [-0.15, -0.1) is 11.3 Å². The SMILES string of the molecule is CC(C)(Oc1ccc(CCC(O)c2ccc(-c3ccc(C(F)(F)F)cc3)s2)c(Cl)c1Cl)C(=O)O. The molecule has 1 atom stereocenters. The lowest BCUT2D eigenvalue weighted by molar-refractivity contribution is -0.152. The third-order valence-electron chi connectivity index (χ3n) is 5.15. The Morgan fingerprint density at radius 2 is 1.68 bits per heavy atom. The predicted molar refractivity (Wildman–Crippen MR) is 127 cm³/mol. The zero-order valence-corrected chi connectivity index (χ0v) is 20.4. The highest BCUT2D eigenvalue weighted by Gasteiger charge is 2.31. The van der Waals surface area contributed by atoms with Crippen molar-refractivity contribution in [3.8, 4) is 16.2 Å². The summed E-state index contributed by atoms with van der Waals surface area (Å²) >= 11 is 13.9. The number of aliphatic hydroxyl groups excluding tert-OH is 1. The van der Waals surface area contributed by atoms with E-state index in [2.05, 4.69) is 0 Å². The first-order valence-corrected chi connectivity index (χ1v) is 11.7. The van der Waals surface area contributed by atoms with Gasteiger partial charge in [0.2, 0.25) is 0 Å². The fraction of sp³-hybridized carbons (Fsp3) is 0.292. The van der Waals surface area contributed by atoms with Crippen molar-refractivity contribution in [1.29, 1.82) is 0 Å². The number of carboxylic acid groups (broad SMARTS) is 1. The Morgan fingerprint density at radius 1 is 1.03 bits per heavy atom. The molecule has 0 saturated heterocycles. The molecule has 10 heteroatoms. The van der Waals surface area contributed by atoms with E-state index in [-0.39, 0.29) is 15.8 Å². The average molecular weight is 533 g/mol. The van der Waals surface area contributed by atoms with Gasteiger partial charge in [-0.3, -0.25) is 0 Å². The van der Waals surface area contributed by atoms with Gasteiger partial charge in [0.15, 0.2) is 5.60 Å². The summed E-state index contributed by atoms with van der Waals surface area (Å²) in [5, 5.41) is 20.1. The maximum Gasteiger partial charge on any atom is 0.416 e. The zero-order chi connectivity index (χ0) is 25.3. The van der Waals surface area contributed by atoms with Crippen LogP contribution >= 0.6 is 34.5 Å². The largest absolute Gasteiger partial charge is 0.478 e. The molecule has 2 N–H and O–H groups in total.